The van der Waals surface area contributed by atoms with Crippen molar-refractivity contribution in [3.8, 4) is 0 Å². The van der Waals surface area contributed by atoms with Gasteiger partial charge in [-0.15, -0.1) is 0 Å². The van der Waals surface area contributed by atoms with Crippen LogP contribution in [0.15, 0.2) is 119 Å². The molecule has 166 valence electrons. The van der Waals surface area contributed by atoms with E-state index in [9.17, 15) is 9.59 Å². The third-order valence-corrected chi connectivity index (χ3v) is 6.97. The number of carbonyl (C=O) groups is 2. The summed E-state index contributed by atoms with van der Waals surface area (Å²) in [6.07, 6.45) is 0.833. The molecule has 33 heavy (non-hydrogen) atoms. The summed E-state index contributed by atoms with van der Waals surface area (Å²) in [6, 6.07) is 34.3. The third kappa shape index (κ3) is 7.56. The fourth-order valence-electron chi connectivity index (χ4n) is 2.79. The van der Waals surface area contributed by atoms with Crippen molar-refractivity contribution in [3.05, 3.63) is 120 Å². The maximum Gasteiger partial charge on any atom is 0.255 e. The number of amides is 1. The molecule has 0 spiro atoms. The molecule has 0 aromatic heterocycles. The minimum Gasteiger partial charge on any atom is -0.387 e. The van der Waals surface area contributed by atoms with Gasteiger partial charge in [0.05, 0.1) is 5.69 Å². The van der Waals surface area contributed by atoms with Crippen LogP contribution in [0, 0.1) is 0 Å². The smallest absolute Gasteiger partial charge is 0.255 e. The van der Waals surface area contributed by atoms with Crippen LogP contribution in [0.5, 0.6) is 0 Å². The van der Waals surface area contributed by atoms with Crippen molar-refractivity contribution in [2.45, 2.75) is 9.79 Å². The molecule has 1 amide bonds. The quantitative estimate of drug-likeness (QED) is 0.219. The first-order valence-corrected chi connectivity index (χ1v) is 12.4. The van der Waals surface area contributed by atoms with Crippen LogP contribution in [0.1, 0.15) is 20.7 Å². The fourth-order valence-corrected chi connectivity index (χ4v) is 5.12. The second-order valence-electron chi connectivity index (χ2n) is 6.76. The molecule has 6 heteroatoms. The zero-order chi connectivity index (χ0) is 23.3. The number of carbonyl (C=O) groups excluding carboxylic acids is 2. The zero-order valence-electron chi connectivity index (χ0n) is 18.1. The molecule has 0 bridgehead atoms. The minimum absolute atomic E-state index is 0.103. The second-order valence-corrected chi connectivity index (χ2v) is 8.97. The monoisotopic (exact) mass is 472 g/mol. The van der Waals surface area contributed by atoms with Gasteiger partial charge >= 0.3 is 0 Å². The molecule has 0 heterocycles. The molecule has 4 aromatic carbocycles. The fraction of sp³-hybridized carbons (Fsp3) is 0.0370. The van der Waals surface area contributed by atoms with E-state index in [-0.39, 0.29) is 5.91 Å². The van der Waals surface area contributed by atoms with Crippen LogP contribution in [0.25, 0.3) is 0 Å². The summed E-state index contributed by atoms with van der Waals surface area (Å²) in [7, 11) is 5.21. The van der Waals surface area contributed by atoms with Crippen molar-refractivity contribution in [1.29, 1.82) is 0 Å². The van der Waals surface area contributed by atoms with E-state index in [0.717, 1.165) is 33.0 Å². The largest absolute Gasteiger partial charge is 0.387 e. The standard InChI is InChI=1S/C20H18N2OS2.C7H6O/c1-21-16-11-5-7-13-18(16)24-25-19-14-8-6-12-17(19)22-20(23)15-9-3-2-4-10-15;8-6-7-4-2-1-3-5-7/h2-14,21H,1H3,(H,22,23);1-6H. The summed E-state index contributed by atoms with van der Waals surface area (Å²) >= 11 is 0. The minimum atomic E-state index is -0.103. The SMILES string of the molecule is CNc1ccccc1SSc1ccccc1NC(=O)c1ccccc1.O=Cc1ccccc1. The first kappa shape index (κ1) is 24.2. The van der Waals surface area contributed by atoms with E-state index in [1.165, 1.54) is 0 Å². The van der Waals surface area contributed by atoms with Gasteiger partial charge in [-0.3, -0.25) is 9.59 Å². The van der Waals surface area contributed by atoms with Gasteiger partial charge in [-0.1, -0.05) is 94.4 Å². The normalized spacial score (nSPS) is 9.85. The summed E-state index contributed by atoms with van der Waals surface area (Å²) in [5.74, 6) is -0.103. The summed E-state index contributed by atoms with van der Waals surface area (Å²) in [5.41, 5.74) is 3.28. The van der Waals surface area contributed by atoms with Crippen molar-refractivity contribution in [2.24, 2.45) is 0 Å². The van der Waals surface area contributed by atoms with Crippen LogP contribution in [-0.4, -0.2) is 19.2 Å². The zero-order valence-corrected chi connectivity index (χ0v) is 19.7. The van der Waals surface area contributed by atoms with Crippen LogP contribution in [0.3, 0.4) is 0 Å². The molecular formula is C27H24N2O2S2. The number of hydrogen-bond donors (Lipinski definition) is 2. The Morgan fingerprint density at radius 1 is 0.667 bits per heavy atom. The summed E-state index contributed by atoms with van der Waals surface area (Å²) < 4.78 is 0. The van der Waals surface area contributed by atoms with Gasteiger partial charge in [0, 0.05) is 33.7 Å². The number of anilines is 2. The van der Waals surface area contributed by atoms with Gasteiger partial charge in [0.15, 0.2) is 0 Å². The lowest BCUT2D eigenvalue weighted by atomic mass is 10.2. The van der Waals surface area contributed by atoms with E-state index in [2.05, 4.69) is 16.7 Å². The maximum absolute atomic E-state index is 12.4. The Morgan fingerprint density at radius 3 is 1.70 bits per heavy atom. The Balaban J connectivity index is 0.000000323. The van der Waals surface area contributed by atoms with Gasteiger partial charge in [-0.2, -0.15) is 0 Å². The van der Waals surface area contributed by atoms with Crippen molar-refractivity contribution >= 4 is 45.2 Å². The number of aldehydes is 1. The molecule has 0 atom stereocenters. The molecule has 4 rings (SSSR count). The average Bonchev–Trinajstić information content (AvgIpc) is 2.89. The van der Waals surface area contributed by atoms with Crippen molar-refractivity contribution in [3.63, 3.8) is 0 Å². The molecule has 0 aliphatic rings. The van der Waals surface area contributed by atoms with Gasteiger partial charge in [-0.25, -0.2) is 0 Å². The summed E-state index contributed by atoms with van der Waals surface area (Å²) in [6.45, 7) is 0. The highest BCUT2D eigenvalue weighted by Gasteiger charge is 2.10. The van der Waals surface area contributed by atoms with E-state index in [0.29, 0.717) is 5.56 Å². The summed E-state index contributed by atoms with van der Waals surface area (Å²) in [4.78, 5) is 24.6. The van der Waals surface area contributed by atoms with E-state index in [4.69, 9.17) is 0 Å². The van der Waals surface area contributed by atoms with Gasteiger partial charge in [0.25, 0.3) is 5.91 Å². The molecule has 0 saturated carbocycles. The average molecular weight is 473 g/mol. The number of hydrogen-bond acceptors (Lipinski definition) is 5. The molecule has 2 N–H and O–H groups in total. The van der Waals surface area contributed by atoms with Crippen LogP contribution in [-0.2, 0) is 0 Å². The van der Waals surface area contributed by atoms with Gasteiger partial charge in [0.1, 0.15) is 6.29 Å². The lowest BCUT2D eigenvalue weighted by Gasteiger charge is -2.12. The Labute approximate surface area is 202 Å². The highest BCUT2D eigenvalue weighted by molar-refractivity contribution is 8.76. The Kier molecular flexibility index (Phi) is 9.63. The second kappa shape index (κ2) is 13.2. The first-order chi connectivity index (χ1) is 16.2. The molecule has 0 fully saturated rings. The number of rotatable bonds is 7. The number of para-hydroxylation sites is 2. The number of nitrogens with one attached hydrogen (secondary N) is 2. The van der Waals surface area contributed by atoms with E-state index >= 15 is 0 Å². The van der Waals surface area contributed by atoms with Crippen molar-refractivity contribution in [1.82, 2.24) is 0 Å². The predicted octanol–water partition coefficient (Wildman–Crippen LogP) is 7.28. The lowest BCUT2D eigenvalue weighted by Crippen LogP contribution is -2.12. The molecular weight excluding hydrogens is 448 g/mol. The molecule has 4 nitrogen and oxygen atoms in total. The topological polar surface area (TPSA) is 58.2 Å². The Bertz CT molecular complexity index is 1170. The lowest BCUT2D eigenvalue weighted by molar-refractivity contribution is 0.102. The predicted molar refractivity (Wildman–Crippen MR) is 140 cm³/mol. The van der Waals surface area contributed by atoms with Gasteiger partial charge in [-0.05, 0) is 36.4 Å². The van der Waals surface area contributed by atoms with Crippen molar-refractivity contribution in [2.75, 3.05) is 17.7 Å². The molecule has 4 aromatic rings. The van der Waals surface area contributed by atoms with Crippen LogP contribution in [0.4, 0.5) is 11.4 Å². The molecule has 0 saturated heterocycles. The van der Waals surface area contributed by atoms with Gasteiger partial charge in [0.2, 0.25) is 0 Å². The van der Waals surface area contributed by atoms with E-state index in [1.807, 2.05) is 98.0 Å². The number of benzene rings is 4. The van der Waals surface area contributed by atoms with E-state index in [1.54, 1.807) is 33.7 Å². The highest BCUT2D eigenvalue weighted by Crippen LogP contribution is 2.43. The maximum atomic E-state index is 12.4. The van der Waals surface area contributed by atoms with Crippen LogP contribution >= 0.6 is 21.6 Å². The van der Waals surface area contributed by atoms with Crippen molar-refractivity contribution < 1.29 is 9.59 Å². The molecule has 0 unspecified atom stereocenters. The third-order valence-electron chi connectivity index (χ3n) is 4.48. The molecule has 0 aliphatic heterocycles. The Hall–Kier alpha value is -3.48. The van der Waals surface area contributed by atoms with Crippen LogP contribution < -0.4 is 10.6 Å². The molecule has 0 radical (unpaired) electrons. The summed E-state index contributed by atoms with van der Waals surface area (Å²) in [5, 5.41) is 6.20. The van der Waals surface area contributed by atoms with Crippen LogP contribution in [0.2, 0.25) is 0 Å². The molecule has 0 aliphatic carbocycles. The first-order valence-electron chi connectivity index (χ1n) is 10.3. The highest BCUT2D eigenvalue weighted by atomic mass is 33.1. The van der Waals surface area contributed by atoms with Gasteiger partial charge < -0.3 is 10.6 Å². The Morgan fingerprint density at radius 2 is 1.15 bits per heavy atom. The van der Waals surface area contributed by atoms with E-state index < -0.39 is 0 Å².